The van der Waals surface area contributed by atoms with Crippen LogP contribution in [0.2, 0.25) is 0 Å². The largest absolute Gasteiger partial charge is 0.393 e. The lowest BCUT2D eigenvalue weighted by Gasteiger charge is -2.42. The summed E-state index contributed by atoms with van der Waals surface area (Å²) >= 11 is 0. The smallest absolute Gasteiger partial charge is 0.0555 e. The van der Waals surface area contributed by atoms with Gasteiger partial charge in [0.1, 0.15) is 0 Å². The zero-order valence-electron chi connectivity index (χ0n) is 8.58. The third kappa shape index (κ3) is 2.05. The fourth-order valence-electron chi connectivity index (χ4n) is 2.60. The van der Waals surface area contributed by atoms with Gasteiger partial charge in [0.15, 0.2) is 0 Å². The van der Waals surface area contributed by atoms with Gasteiger partial charge in [0, 0.05) is 12.1 Å². The van der Waals surface area contributed by atoms with Crippen LogP contribution in [0, 0.1) is 0 Å². The molecular weight excluding hydrogens is 162 g/mol. The molecule has 0 spiro atoms. The summed E-state index contributed by atoms with van der Waals surface area (Å²) in [5.41, 5.74) is 0. The highest BCUT2D eigenvalue weighted by molar-refractivity contribution is 4.86. The second-order valence-electron chi connectivity index (χ2n) is 4.72. The van der Waals surface area contributed by atoms with Gasteiger partial charge in [-0.15, -0.1) is 0 Å². The van der Waals surface area contributed by atoms with Crippen LogP contribution in [-0.2, 0) is 0 Å². The molecule has 2 atom stereocenters. The molecule has 2 aliphatic rings. The maximum Gasteiger partial charge on any atom is 0.0555 e. The highest BCUT2D eigenvalue weighted by Crippen LogP contribution is 2.30. The van der Waals surface area contributed by atoms with Gasteiger partial charge in [-0.25, -0.2) is 0 Å². The van der Waals surface area contributed by atoms with Gasteiger partial charge < -0.3 is 10.0 Å². The molecule has 2 saturated carbocycles. The summed E-state index contributed by atoms with van der Waals surface area (Å²) in [6.45, 7) is 0. The van der Waals surface area contributed by atoms with E-state index in [1.807, 2.05) is 0 Å². The van der Waals surface area contributed by atoms with Gasteiger partial charge in [0.25, 0.3) is 0 Å². The summed E-state index contributed by atoms with van der Waals surface area (Å²) in [4.78, 5) is 2.52. The van der Waals surface area contributed by atoms with Crippen molar-refractivity contribution in [2.45, 2.75) is 63.1 Å². The van der Waals surface area contributed by atoms with E-state index < -0.39 is 0 Å². The van der Waals surface area contributed by atoms with Gasteiger partial charge >= 0.3 is 0 Å². The summed E-state index contributed by atoms with van der Waals surface area (Å²) in [6, 6.07) is 1.49. The number of aliphatic hydroxyl groups excluding tert-OH is 1. The molecule has 2 fully saturated rings. The molecule has 0 bridgehead atoms. The molecule has 76 valence electrons. The van der Waals surface area contributed by atoms with Crippen LogP contribution in [-0.4, -0.2) is 35.2 Å². The van der Waals surface area contributed by atoms with Crippen molar-refractivity contribution in [3.05, 3.63) is 0 Å². The molecule has 0 aromatic rings. The molecule has 0 aliphatic heterocycles. The average molecular weight is 183 g/mol. The molecule has 2 heteroatoms. The molecule has 0 aromatic carbocycles. The van der Waals surface area contributed by atoms with E-state index in [9.17, 15) is 5.11 Å². The minimum Gasteiger partial charge on any atom is -0.393 e. The lowest BCUT2D eigenvalue weighted by atomic mass is 9.86. The second-order valence-corrected chi connectivity index (χ2v) is 4.72. The van der Waals surface area contributed by atoms with E-state index in [1.165, 1.54) is 32.1 Å². The number of nitrogens with zero attached hydrogens (tertiary/aromatic N) is 1. The van der Waals surface area contributed by atoms with E-state index >= 15 is 0 Å². The first-order chi connectivity index (χ1) is 6.27. The van der Waals surface area contributed by atoms with E-state index in [0.717, 1.165) is 18.9 Å². The van der Waals surface area contributed by atoms with Crippen molar-refractivity contribution < 1.29 is 5.11 Å². The maximum atomic E-state index is 9.57. The van der Waals surface area contributed by atoms with Crippen LogP contribution in [0.5, 0.6) is 0 Å². The van der Waals surface area contributed by atoms with Gasteiger partial charge in [-0.05, 0) is 45.6 Å². The summed E-state index contributed by atoms with van der Waals surface area (Å²) in [5.74, 6) is 0. The number of aliphatic hydroxyl groups is 1. The molecule has 0 aromatic heterocycles. The van der Waals surface area contributed by atoms with Gasteiger partial charge in [0.05, 0.1) is 6.10 Å². The van der Waals surface area contributed by atoms with Crippen molar-refractivity contribution in [2.75, 3.05) is 7.05 Å². The van der Waals surface area contributed by atoms with Crippen LogP contribution in [0.4, 0.5) is 0 Å². The fraction of sp³-hybridized carbons (Fsp3) is 1.00. The van der Waals surface area contributed by atoms with Crippen molar-refractivity contribution in [1.29, 1.82) is 0 Å². The minimum absolute atomic E-state index is 0.0266. The van der Waals surface area contributed by atoms with Crippen LogP contribution < -0.4 is 0 Å². The summed E-state index contributed by atoms with van der Waals surface area (Å²) < 4.78 is 0. The van der Waals surface area contributed by atoms with Crippen LogP contribution >= 0.6 is 0 Å². The summed E-state index contributed by atoms with van der Waals surface area (Å²) in [5, 5.41) is 9.57. The molecule has 2 rings (SSSR count). The minimum atomic E-state index is -0.0266. The Balaban J connectivity index is 1.83. The zero-order chi connectivity index (χ0) is 9.26. The molecule has 13 heavy (non-hydrogen) atoms. The number of hydrogen-bond acceptors (Lipinski definition) is 2. The Morgan fingerprint density at radius 1 is 1.00 bits per heavy atom. The average Bonchev–Trinajstić information content (AvgIpc) is 2.01. The molecule has 2 unspecified atom stereocenters. The molecule has 0 heterocycles. The lowest BCUT2D eigenvalue weighted by Crippen LogP contribution is -2.46. The van der Waals surface area contributed by atoms with Crippen molar-refractivity contribution in [2.24, 2.45) is 0 Å². The molecule has 2 nitrogen and oxygen atoms in total. The van der Waals surface area contributed by atoms with Crippen molar-refractivity contribution in [1.82, 2.24) is 4.90 Å². The van der Waals surface area contributed by atoms with E-state index in [4.69, 9.17) is 0 Å². The van der Waals surface area contributed by atoms with Crippen molar-refractivity contribution >= 4 is 0 Å². The Kier molecular flexibility index (Phi) is 2.89. The molecule has 1 N–H and O–H groups in total. The van der Waals surface area contributed by atoms with E-state index in [-0.39, 0.29) is 6.10 Å². The van der Waals surface area contributed by atoms with E-state index in [1.54, 1.807) is 0 Å². The number of hydrogen-bond donors (Lipinski definition) is 1. The highest BCUT2D eigenvalue weighted by Gasteiger charge is 2.30. The Morgan fingerprint density at radius 3 is 2.15 bits per heavy atom. The first-order valence-corrected chi connectivity index (χ1v) is 5.67. The zero-order valence-corrected chi connectivity index (χ0v) is 8.58. The number of rotatable bonds is 2. The van der Waals surface area contributed by atoms with E-state index in [0.29, 0.717) is 6.04 Å². The molecule has 0 saturated heterocycles. The van der Waals surface area contributed by atoms with Crippen LogP contribution in [0.15, 0.2) is 0 Å². The van der Waals surface area contributed by atoms with Gasteiger partial charge in [0.2, 0.25) is 0 Å². The predicted octanol–water partition coefficient (Wildman–Crippen LogP) is 1.77. The highest BCUT2D eigenvalue weighted by atomic mass is 16.3. The Morgan fingerprint density at radius 2 is 1.62 bits per heavy atom. The Labute approximate surface area is 80.9 Å². The standard InChI is InChI=1S/C11H21NO/c1-12(9-4-2-5-9)10-6-3-7-11(13)8-10/h9-11,13H,2-8H2,1H3. The second kappa shape index (κ2) is 3.97. The SMILES string of the molecule is CN(C1CCC1)C1CCCC(O)C1. The fourth-order valence-corrected chi connectivity index (χ4v) is 2.60. The monoisotopic (exact) mass is 183 g/mol. The Hall–Kier alpha value is -0.0800. The van der Waals surface area contributed by atoms with Crippen molar-refractivity contribution in [3.63, 3.8) is 0 Å². The van der Waals surface area contributed by atoms with E-state index in [2.05, 4.69) is 11.9 Å². The molecule has 0 radical (unpaired) electrons. The predicted molar refractivity (Wildman–Crippen MR) is 53.7 cm³/mol. The first-order valence-electron chi connectivity index (χ1n) is 5.67. The van der Waals surface area contributed by atoms with Gasteiger partial charge in [-0.2, -0.15) is 0 Å². The maximum absolute atomic E-state index is 9.57. The van der Waals surface area contributed by atoms with Crippen LogP contribution in [0.25, 0.3) is 0 Å². The van der Waals surface area contributed by atoms with Gasteiger partial charge in [-0.1, -0.05) is 6.42 Å². The van der Waals surface area contributed by atoms with Crippen molar-refractivity contribution in [3.8, 4) is 0 Å². The van der Waals surface area contributed by atoms with Crippen LogP contribution in [0.3, 0.4) is 0 Å². The third-order valence-corrected chi connectivity index (χ3v) is 3.85. The quantitative estimate of drug-likeness (QED) is 0.705. The molecule has 2 aliphatic carbocycles. The summed E-state index contributed by atoms with van der Waals surface area (Å²) in [7, 11) is 2.24. The van der Waals surface area contributed by atoms with Crippen LogP contribution in [0.1, 0.15) is 44.9 Å². The molecular formula is C11H21NO. The Bertz CT molecular complexity index is 167. The molecule has 0 amide bonds. The summed E-state index contributed by atoms with van der Waals surface area (Å²) in [6.07, 6.45) is 8.67. The van der Waals surface area contributed by atoms with Gasteiger partial charge in [-0.3, -0.25) is 0 Å². The third-order valence-electron chi connectivity index (χ3n) is 3.85. The topological polar surface area (TPSA) is 23.5 Å². The first kappa shape index (κ1) is 9.47. The lowest BCUT2D eigenvalue weighted by molar-refractivity contribution is 0.0350. The normalized spacial score (nSPS) is 36.2.